The molecule has 2 fully saturated rings. The molecule has 2 aromatic rings. The molecule has 4 rings (SSSR count). The molecular formula is C17H22N4O3. The first-order valence-electron chi connectivity index (χ1n) is 8.44. The lowest BCUT2D eigenvalue weighted by atomic mass is 9.83. The van der Waals surface area contributed by atoms with Crippen molar-refractivity contribution in [1.82, 2.24) is 14.3 Å². The van der Waals surface area contributed by atoms with Gasteiger partial charge in [0.2, 0.25) is 0 Å². The number of hydrogen-bond donors (Lipinski definition) is 2. The van der Waals surface area contributed by atoms with Gasteiger partial charge in [0.15, 0.2) is 0 Å². The summed E-state index contributed by atoms with van der Waals surface area (Å²) in [6.07, 6.45) is 8.09. The molecule has 2 N–H and O–H groups in total. The third-order valence-electron chi connectivity index (χ3n) is 5.07. The number of urea groups is 1. The first-order chi connectivity index (χ1) is 11.6. The van der Waals surface area contributed by atoms with E-state index in [4.69, 9.17) is 4.74 Å². The van der Waals surface area contributed by atoms with Gasteiger partial charge in [-0.15, -0.1) is 0 Å². The SMILES string of the molecule is O=C(Nc1ccc2nccn2c1)N1CCC2(CC1)CC(O)CCO2. The molecule has 1 spiro atoms. The number of aliphatic hydroxyl groups is 1. The van der Waals surface area contributed by atoms with Gasteiger partial charge in [-0.3, -0.25) is 0 Å². The van der Waals surface area contributed by atoms with Gasteiger partial charge >= 0.3 is 6.03 Å². The second-order valence-corrected chi connectivity index (χ2v) is 6.71. The van der Waals surface area contributed by atoms with Crippen molar-refractivity contribution in [3.05, 3.63) is 30.7 Å². The molecule has 0 radical (unpaired) electrons. The van der Waals surface area contributed by atoms with Crippen LogP contribution in [0.2, 0.25) is 0 Å². The molecule has 7 heteroatoms. The zero-order valence-corrected chi connectivity index (χ0v) is 13.5. The molecule has 24 heavy (non-hydrogen) atoms. The molecule has 1 atom stereocenters. The predicted octanol–water partition coefficient (Wildman–Crippen LogP) is 1.87. The minimum Gasteiger partial charge on any atom is -0.393 e. The smallest absolute Gasteiger partial charge is 0.321 e. The number of pyridine rings is 1. The number of anilines is 1. The normalized spacial score (nSPS) is 23.5. The van der Waals surface area contributed by atoms with Crippen LogP contribution in [0.4, 0.5) is 10.5 Å². The number of aromatic nitrogens is 2. The molecule has 0 bridgehead atoms. The summed E-state index contributed by atoms with van der Waals surface area (Å²) in [5.74, 6) is 0. The molecule has 0 aromatic carbocycles. The summed E-state index contributed by atoms with van der Waals surface area (Å²) in [5.41, 5.74) is 1.35. The fraction of sp³-hybridized carbons (Fsp3) is 0.529. The predicted molar refractivity (Wildman–Crippen MR) is 88.9 cm³/mol. The van der Waals surface area contributed by atoms with Crippen molar-refractivity contribution in [1.29, 1.82) is 0 Å². The fourth-order valence-electron chi connectivity index (χ4n) is 3.66. The van der Waals surface area contributed by atoms with Crippen LogP contribution in [0.3, 0.4) is 0 Å². The van der Waals surface area contributed by atoms with Crippen molar-refractivity contribution in [3.63, 3.8) is 0 Å². The van der Waals surface area contributed by atoms with Crippen molar-refractivity contribution in [2.24, 2.45) is 0 Å². The maximum absolute atomic E-state index is 12.5. The summed E-state index contributed by atoms with van der Waals surface area (Å²) in [5, 5.41) is 12.8. The molecule has 0 saturated carbocycles. The van der Waals surface area contributed by atoms with Crippen LogP contribution in [0.1, 0.15) is 25.7 Å². The molecule has 2 aromatic heterocycles. The highest BCUT2D eigenvalue weighted by atomic mass is 16.5. The topological polar surface area (TPSA) is 79.1 Å². The van der Waals surface area contributed by atoms with E-state index in [9.17, 15) is 9.90 Å². The minimum atomic E-state index is -0.277. The summed E-state index contributed by atoms with van der Waals surface area (Å²) in [4.78, 5) is 18.5. The number of aliphatic hydroxyl groups excluding tert-OH is 1. The second-order valence-electron chi connectivity index (χ2n) is 6.71. The van der Waals surface area contributed by atoms with Crippen molar-refractivity contribution in [3.8, 4) is 0 Å². The van der Waals surface area contributed by atoms with E-state index >= 15 is 0 Å². The Labute approximate surface area is 140 Å². The number of nitrogens with one attached hydrogen (secondary N) is 1. The lowest BCUT2D eigenvalue weighted by Crippen LogP contribution is -2.52. The van der Waals surface area contributed by atoms with Gasteiger partial charge in [0, 0.05) is 44.7 Å². The zero-order chi connectivity index (χ0) is 16.6. The van der Waals surface area contributed by atoms with E-state index in [1.54, 1.807) is 6.20 Å². The number of rotatable bonds is 1. The molecule has 4 heterocycles. The number of hydrogen-bond acceptors (Lipinski definition) is 4. The summed E-state index contributed by atoms with van der Waals surface area (Å²) in [6, 6.07) is 3.63. The standard InChI is InChI=1S/C17H22N4O3/c22-14-3-10-24-17(11-14)4-7-20(8-5-17)16(23)19-13-1-2-15-18-6-9-21(15)12-13/h1-2,6,9,12,14,22H,3-5,7-8,10-11H2,(H,19,23). The quantitative estimate of drug-likeness (QED) is 0.837. The van der Waals surface area contributed by atoms with Gasteiger partial charge in [0.05, 0.1) is 17.4 Å². The van der Waals surface area contributed by atoms with E-state index < -0.39 is 0 Å². The van der Waals surface area contributed by atoms with Gasteiger partial charge in [-0.25, -0.2) is 9.78 Å². The van der Waals surface area contributed by atoms with Crippen molar-refractivity contribution >= 4 is 17.4 Å². The number of likely N-dealkylation sites (tertiary alicyclic amines) is 1. The Morgan fingerprint density at radius 2 is 2.21 bits per heavy atom. The van der Waals surface area contributed by atoms with E-state index in [1.807, 2.05) is 33.8 Å². The molecule has 7 nitrogen and oxygen atoms in total. The van der Waals surface area contributed by atoms with Gasteiger partial charge in [0.1, 0.15) is 5.65 Å². The molecule has 2 aliphatic rings. The molecule has 2 amide bonds. The second kappa shape index (κ2) is 6.07. The molecule has 0 aliphatic carbocycles. The number of imidazole rings is 1. The van der Waals surface area contributed by atoms with Crippen LogP contribution in [-0.2, 0) is 4.74 Å². The van der Waals surface area contributed by atoms with E-state index in [-0.39, 0.29) is 17.7 Å². The van der Waals surface area contributed by atoms with Crippen LogP contribution in [0, 0.1) is 0 Å². The Kier molecular flexibility index (Phi) is 3.90. The van der Waals surface area contributed by atoms with Crippen LogP contribution in [0.5, 0.6) is 0 Å². The summed E-state index contributed by atoms with van der Waals surface area (Å²) in [6.45, 7) is 1.90. The van der Waals surface area contributed by atoms with Crippen molar-refractivity contribution < 1.29 is 14.6 Å². The monoisotopic (exact) mass is 330 g/mol. The van der Waals surface area contributed by atoms with Crippen LogP contribution >= 0.6 is 0 Å². The van der Waals surface area contributed by atoms with E-state index in [0.29, 0.717) is 32.5 Å². The first kappa shape index (κ1) is 15.4. The van der Waals surface area contributed by atoms with Crippen LogP contribution in [-0.4, -0.2) is 56.8 Å². The zero-order valence-electron chi connectivity index (χ0n) is 13.5. The highest BCUT2D eigenvalue weighted by Gasteiger charge is 2.40. The molecule has 2 aliphatic heterocycles. The van der Waals surface area contributed by atoms with Crippen LogP contribution < -0.4 is 5.32 Å². The molecule has 1 unspecified atom stereocenters. The third kappa shape index (κ3) is 2.97. The van der Waals surface area contributed by atoms with E-state index in [1.165, 1.54) is 0 Å². The van der Waals surface area contributed by atoms with Gasteiger partial charge in [-0.1, -0.05) is 0 Å². The Morgan fingerprint density at radius 3 is 3.00 bits per heavy atom. The number of carbonyl (C=O) groups excluding carboxylic acids is 1. The number of piperidine rings is 1. The van der Waals surface area contributed by atoms with Gasteiger partial charge in [-0.2, -0.15) is 0 Å². The fourth-order valence-corrected chi connectivity index (χ4v) is 3.66. The number of fused-ring (bicyclic) bond motifs is 1. The molecular weight excluding hydrogens is 308 g/mol. The Balaban J connectivity index is 1.37. The number of amides is 2. The average molecular weight is 330 g/mol. The van der Waals surface area contributed by atoms with Gasteiger partial charge in [-0.05, 0) is 31.4 Å². The number of ether oxygens (including phenoxy) is 1. The highest BCUT2D eigenvalue weighted by molar-refractivity contribution is 5.89. The summed E-state index contributed by atoms with van der Waals surface area (Å²) < 4.78 is 7.81. The highest BCUT2D eigenvalue weighted by Crippen LogP contribution is 2.35. The molecule has 2 saturated heterocycles. The maximum atomic E-state index is 12.5. The first-order valence-corrected chi connectivity index (χ1v) is 8.44. The lowest BCUT2D eigenvalue weighted by Gasteiger charge is -2.45. The average Bonchev–Trinajstić information content (AvgIpc) is 3.03. The number of nitrogens with zero attached hydrogens (tertiary/aromatic N) is 3. The van der Waals surface area contributed by atoms with E-state index in [2.05, 4.69) is 10.3 Å². The van der Waals surface area contributed by atoms with Gasteiger partial charge < -0.3 is 24.5 Å². The molecule has 128 valence electrons. The van der Waals surface area contributed by atoms with Crippen LogP contribution in [0.25, 0.3) is 5.65 Å². The van der Waals surface area contributed by atoms with Crippen LogP contribution in [0.15, 0.2) is 30.7 Å². The third-order valence-corrected chi connectivity index (χ3v) is 5.07. The largest absolute Gasteiger partial charge is 0.393 e. The Hall–Kier alpha value is -2.12. The van der Waals surface area contributed by atoms with Gasteiger partial charge in [0.25, 0.3) is 0 Å². The van der Waals surface area contributed by atoms with Crippen molar-refractivity contribution in [2.75, 3.05) is 25.0 Å². The van der Waals surface area contributed by atoms with E-state index in [0.717, 1.165) is 24.2 Å². The number of carbonyl (C=O) groups is 1. The van der Waals surface area contributed by atoms with Crippen molar-refractivity contribution in [2.45, 2.75) is 37.4 Å². The summed E-state index contributed by atoms with van der Waals surface area (Å²) in [7, 11) is 0. The summed E-state index contributed by atoms with van der Waals surface area (Å²) >= 11 is 0. The maximum Gasteiger partial charge on any atom is 0.321 e. The Bertz CT molecular complexity index is 736. The minimum absolute atomic E-state index is 0.0966. The lowest BCUT2D eigenvalue weighted by molar-refractivity contribution is -0.139. The Morgan fingerprint density at radius 1 is 1.38 bits per heavy atom.